The normalized spacial score (nSPS) is 13.2. The molecule has 2 aromatic carbocycles. The monoisotopic (exact) mass is 314 g/mol. The number of hydrogen-bond donors (Lipinski definition) is 2. The van der Waals surface area contributed by atoms with Crippen molar-refractivity contribution in [1.29, 1.82) is 0 Å². The van der Waals surface area contributed by atoms with E-state index in [9.17, 15) is 13.2 Å². The van der Waals surface area contributed by atoms with Crippen molar-refractivity contribution >= 4 is 11.6 Å². The summed E-state index contributed by atoms with van der Waals surface area (Å²) in [5.41, 5.74) is 3.53. The van der Waals surface area contributed by atoms with Gasteiger partial charge in [0.1, 0.15) is 0 Å². The molecule has 2 rings (SSSR count). The Bertz CT molecular complexity index is 597. The van der Waals surface area contributed by atoms with Crippen LogP contribution in [0.25, 0.3) is 0 Å². The van der Waals surface area contributed by atoms with E-state index in [-0.39, 0.29) is 6.04 Å². The van der Waals surface area contributed by atoms with E-state index >= 15 is 0 Å². The fourth-order valence-corrected chi connectivity index (χ4v) is 2.35. The van der Waals surface area contributed by atoms with Crippen molar-refractivity contribution in [3.8, 4) is 0 Å². The lowest BCUT2D eigenvalue weighted by molar-refractivity contribution is -0.137. The first-order valence-corrected chi connectivity index (χ1v) is 6.66. The smallest absolute Gasteiger partial charge is 0.271 e. The third kappa shape index (κ3) is 3.97. The number of hydrazine groups is 1. The van der Waals surface area contributed by atoms with E-state index < -0.39 is 11.7 Å². The second-order valence-corrected chi connectivity index (χ2v) is 5.05. The maximum absolute atomic E-state index is 12.5. The van der Waals surface area contributed by atoms with Crippen molar-refractivity contribution in [2.45, 2.75) is 18.6 Å². The fraction of sp³-hybridized carbons (Fsp3) is 0.200. The molecule has 1 unspecified atom stereocenters. The summed E-state index contributed by atoms with van der Waals surface area (Å²) in [6.07, 6.45) is -3.88. The maximum atomic E-state index is 12.5. The summed E-state index contributed by atoms with van der Waals surface area (Å²) in [4.78, 5) is 0. The average molecular weight is 315 g/mol. The second kappa shape index (κ2) is 6.47. The Hall–Kier alpha value is -1.56. The van der Waals surface area contributed by atoms with Crippen LogP contribution >= 0.6 is 11.6 Å². The number of nitrogens with two attached hydrogens (primary N) is 1. The van der Waals surface area contributed by atoms with Crippen LogP contribution in [-0.2, 0) is 12.6 Å². The highest BCUT2D eigenvalue weighted by molar-refractivity contribution is 6.31. The molecule has 6 heteroatoms. The number of rotatable bonds is 4. The van der Waals surface area contributed by atoms with E-state index in [4.69, 9.17) is 17.4 Å². The van der Waals surface area contributed by atoms with Crippen LogP contribution in [0.4, 0.5) is 13.2 Å². The summed E-state index contributed by atoms with van der Waals surface area (Å²) in [6, 6.07) is 12.0. The number of alkyl halides is 3. The lowest BCUT2D eigenvalue weighted by Crippen LogP contribution is -2.29. The van der Waals surface area contributed by atoms with E-state index in [1.54, 1.807) is 12.1 Å². The molecule has 2 aromatic rings. The van der Waals surface area contributed by atoms with Crippen LogP contribution in [0.5, 0.6) is 0 Å². The number of halogens is 4. The molecule has 1 atom stereocenters. The minimum atomic E-state index is -4.33. The zero-order valence-electron chi connectivity index (χ0n) is 11.0. The Labute approximate surface area is 125 Å². The fourth-order valence-electron chi connectivity index (χ4n) is 2.08. The molecule has 0 aliphatic heterocycles. The van der Waals surface area contributed by atoms with E-state index in [2.05, 4.69) is 5.43 Å². The number of benzene rings is 2. The van der Waals surface area contributed by atoms with E-state index in [1.807, 2.05) is 12.1 Å². The summed E-state index contributed by atoms with van der Waals surface area (Å²) in [5.74, 6) is 5.53. The predicted octanol–water partition coefficient (Wildman–Crippen LogP) is 4.11. The Morgan fingerprint density at radius 1 is 1.05 bits per heavy atom. The van der Waals surface area contributed by atoms with E-state index in [0.717, 1.165) is 23.3 Å². The van der Waals surface area contributed by atoms with Crippen molar-refractivity contribution in [3.05, 3.63) is 70.2 Å². The highest BCUT2D eigenvalue weighted by atomic mass is 35.5. The van der Waals surface area contributed by atoms with Gasteiger partial charge in [-0.1, -0.05) is 41.9 Å². The maximum Gasteiger partial charge on any atom is 0.416 e. The molecule has 0 saturated carbocycles. The third-order valence-electron chi connectivity index (χ3n) is 3.20. The average Bonchev–Trinajstić information content (AvgIpc) is 2.45. The molecule has 0 aliphatic carbocycles. The second-order valence-electron chi connectivity index (χ2n) is 4.64. The van der Waals surface area contributed by atoms with Gasteiger partial charge in [-0.3, -0.25) is 11.3 Å². The third-order valence-corrected chi connectivity index (χ3v) is 3.55. The predicted molar refractivity (Wildman–Crippen MR) is 76.7 cm³/mol. The highest BCUT2D eigenvalue weighted by Crippen LogP contribution is 2.30. The van der Waals surface area contributed by atoms with Crippen LogP contribution in [0.15, 0.2) is 48.5 Å². The highest BCUT2D eigenvalue weighted by Gasteiger charge is 2.30. The van der Waals surface area contributed by atoms with Crippen molar-refractivity contribution in [2.75, 3.05) is 0 Å². The Morgan fingerprint density at radius 2 is 1.67 bits per heavy atom. The number of nitrogens with one attached hydrogen (secondary N) is 1. The van der Waals surface area contributed by atoms with Crippen molar-refractivity contribution in [2.24, 2.45) is 5.84 Å². The van der Waals surface area contributed by atoms with Gasteiger partial charge in [0.2, 0.25) is 0 Å². The molecular formula is C15H14ClF3N2. The summed E-state index contributed by atoms with van der Waals surface area (Å²) in [6.45, 7) is 0. The quantitative estimate of drug-likeness (QED) is 0.658. The SMILES string of the molecule is NNC(Cc1ccc(C(F)(F)F)cc1)c1ccccc1Cl. The first kappa shape index (κ1) is 15.8. The lowest BCUT2D eigenvalue weighted by atomic mass is 9.98. The Balaban J connectivity index is 2.18. The zero-order valence-corrected chi connectivity index (χ0v) is 11.7. The molecule has 3 N–H and O–H groups in total. The first-order chi connectivity index (χ1) is 9.91. The molecule has 0 heterocycles. The molecule has 112 valence electrons. The van der Waals surface area contributed by atoms with Gasteiger partial charge in [-0.2, -0.15) is 13.2 Å². The Morgan fingerprint density at radius 3 is 2.19 bits per heavy atom. The van der Waals surface area contributed by atoms with Gasteiger partial charge in [0.05, 0.1) is 11.6 Å². The molecule has 0 bridgehead atoms. The summed E-state index contributed by atoms with van der Waals surface area (Å²) < 4.78 is 37.5. The van der Waals surface area contributed by atoms with Gasteiger partial charge in [0.15, 0.2) is 0 Å². The summed E-state index contributed by atoms with van der Waals surface area (Å²) >= 11 is 6.10. The van der Waals surface area contributed by atoms with Crippen molar-refractivity contribution in [3.63, 3.8) is 0 Å². The van der Waals surface area contributed by atoms with Crippen LogP contribution in [0.1, 0.15) is 22.7 Å². The van der Waals surface area contributed by atoms with Crippen LogP contribution in [0, 0.1) is 0 Å². The molecule has 2 nitrogen and oxygen atoms in total. The molecule has 0 aliphatic rings. The van der Waals surface area contributed by atoms with Gasteiger partial charge in [-0.05, 0) is 35.7 Å². The van der Waals surface area contributed by atoms with Crippen LogP contribution in [-0.4, -0.2) is 0 Å². The minimum absolute atomic E-state index is 0.268. The van der Waals surface area contributed by atoms with Gasteiger partial charge < -0.3 is 0 Å². The molecular weight excluding hydrogens is 301 g/mol. The zero-order chi connectivity index (χ0) is 15.5. The van der Waals surface area contributed by atoms with Gasteiger partial charge in [0.25, 0.3) is 0 Å². The van der Waals surface area contributed by atoms with Crippen molar-refractivity contribution in [1.82, 2.24) is 5.43 Å². The van der Waals surface area contributed by atoms with E-state index in [0.29, 0.717) is 11.4 Å². The first-order valence-electron chi connectivity index (χ1n) is 6.28. The molecule has 0 fully saturated rings. The molecule has 0 amide bonds. The van der Waals surface area contributed by atoms with Gasteiger partial charge in [-0.25, -0.2) is 0 Å². The number of hydrogen-bond acceptors (Lipinski definition) is 2. The van der Waals surface area contributed by atoms with Crippen LogP contribution < -0.4 is 11.3 Å². The van der Waals surface area contributed by atoms with Crippen LogP contribution in [0.3, 0.4) is 0 Å². The van der Waals surface area contributed by atoms with Gasteiger partial charge in [-0.15, -0.1) is 0 Å². The summed E-state index contributed by atoms with van der Waals surface area (Å²) in [5, 5.41) is 0.562. The topological polar surface area (TPSA) is 38.0 Å². The molecule has 0 spiro atoms. The van der Waals surface area contributed by atoms with E-state index in [1.165, 1.54) is 12.1 Å². The molecule has 0 saturated heterocycles. The molecule has 21 heavy (non-hydrogen) atoms. The van der Waals surface area contributed by atoms with Gasteiger partial charge >= 0.3 is 6.18 Å². The van der Waals surface area contributed by atoms with Gasteiger partial charge in [0, 0.05) is 5.02 Å². The largest absolute Gasteiger partial charge is 0.416 e. The lowest BCUT2D eigenvalue weighted by Gasteiger charge is -2.18. The minimum Gasteiger partial charge on any atom is -0.271 e. The Kier molecular flexibility index (Phi) is 4.88. The standard InChI is InChI=1S/C15H14ClF3N2/c16-13-4-2-1-3-12(13)14(21-20)9-10-5-7-11(8-6-10)15(17,18)19/h1-8,14,21H,9,20H2. The molecule has 0 aromatic heterocycles. The molecule has 0 radical (unpaired) electrons. The summed E-state index contributed by atoms with van der Waals surface area (Å²) in [7, 11) is 0. The van der Waals surface area contributed by atoms with Crippen molar-refractivity contribution < 1.29 is 13.2 Å². The van der Waals surface area contributed by atoms with Crippen LogP contribution in [0.2, 0.25) is 5.02 Å².